The number of ether oxygens (including phenoxy) is 2. The zero-order valence-corrected chi connectivity index (χ0v) is 16.4. The van der Waals surface area contributed by atoms with Gasteiger partial charge in [0, 0.05) is 5.56 Å². The van der Waals surface area contributed by atoms with E-state index in [9.17, 15) is 9.59 Å². The molecule has 4 nitrogen and oxygen atoms in total. The van der Waals surface area contributed by atoms with Crippen molar-refractivity contribution in [3.05, 3.63) is 65.2 Å². The van der Waals surface area contributed by atoms with Gasteiger partial charge in [0.05, 0.1) is 18.6 Å². The molecule has 144 valence electrons. The molecule has 0 bridgehead atoms. The molecule has 0 N–H and O–H groups in total. The van der Waals surface area contributed by atoms with Gasteiger partial charge < -0.3 is 9.47 Å². The molecular formula is C23H28O4. The number of benzene rings is 2. The number of hydrogen-bond donors (Lipinski definition) is 0. The molecule has 0 spiro atoms. The summed E-state index contributed by atoms with van der Waals surface area (Å²) in [7, 11) is 1.38. The van der Waals surface area contributed by atoms with E-state index in [1.165, 1.54) is 12.7 Å². The van der Waals surface area contributed by atoms with E-state index in [2.05, 4.69) is 13.8 Å². The molecule has 4 heteroatoms. The summed E-state index contributed by atoms with van der Waals surface area (Å²) in [6, 6.07) is 14.6. The van der Waals surface area contributed by atoms with Gasteiger partial charge in [-0.2, -0.15) is 0 Å². The largest absolute Gasteiger partial charge is 0.469 e. The van der Waals surface area contributed by atoms with E-state index in [0.29, 0.717) is 23.3 Å². The van der Waals surface area contributed by atoms with Crippen LogP contribution in [0.25, 0.3) is 0 Å². The maximum absolute atomic E-state index is 12.6. The standard InChI is InChI=1S/C23H28O4/c1-4-6-10-20(23(25)26-3)19-11-7-8-12-21(19)27-22(24)18-15-13-17(9-5-2)14-16-18/h7-8,11-16,20H,4-6,9-10H2,1-3H3. The summed E-state index contributed by atoms with van der Waals surface area (Å²) in [5, 5.41) is 0. The highest BCUT2D eigenvalue weighted by Crippen LogP contribution is 2.32. The molecular weight excluding hydrogens is 340 g/mol. The maximum Gasteiger partial charge on any atom is 0.343 e. The molecule has 0 radical (unpaired) electrons. The molecule has 0 saturated heterocycles. The maximum atomic E-state index is 12.6. The van der Waals surface area contributed by atoms with Crippen molar-refractivity contribution in [2.24, 2.45) is 0 Å². The lowest BCUT2D eigenvalue weighted by atomic mass is 9.93. The molecule has 0 aromatic heterocycles. The van der Waals surface area contributed by atoms with Crippen LogP contribution in [-0.4, -0.2) is 19.0 Å². The van der Waals surface area contributed by atoms with Gasteiger partial charge in [-0.05, 0) is 36.6 Å². The second kappa shape index (κ2) is 10.5. The van der Waals surface area contributed by atoms with Gasteiger partial charge in [-0.15, -0.1) is 0 Å². The molecule has 27 heavy (non-hydrogen) atoms. The number of carbonyl (C=O) groups excluding carboxylic acids is 2. The van der Waals surface area contributed by atoms with Crippen LogP contribution < -0.4 is 4.74 Å². The van der Waals surface area contributed by atoms with Gasteiger partial charge in [-0.1, -0.05) is 63.4 Å². The molecule has 2 aromatic carbocycles. The summed E-state index contributed by atoms with van der Waals surface area (Å²) < 4.78 is 10.6. The summed E-state index contributed by atoms with van der Waals surface area (Å²) in [6.45, 7) is 4.19. The Labute approximate surface area is 161 Å². The normalized spacial score (nSPS) is 11.7. The van der Waals surface area contributed by atoms with Crippen molar-refractivity contribution in [3.8, 4) is 5.75 Å². The third-order valence-corrected chi connectivity index (χ3v) is 4.56. The van der Waals surface area contributed by atoms with E-state index in [1.807, 2.05) is 24.3 Å². The molecule has 0 fully saturated rings. The van der Waals surface area contributed by atoms with Crippen LogP contribution in [0.3, 0.4) is 0 Å². The van der Waals surface area contributed by atoms with Crippen molar-refractivity contribution in [2.75, 3.05) is 7.11 Å². The highest BCUT2D eigenvalue weighted by atomic mass is 16.5. The topological polar surface area (TPSA) is 52.6 Å². The number of unbranched alkanes of at least 4 members (excludes halogenated alkanes) is 1. The Kier molecular flexibility index (Phi) is 8.05. The minimum atomic E-state index is -0.439. The van der Waals surface area contributed by atoms with Gasteiger partial charge in [0.2, 0.25) is 0 Å². The average molecular weight is 368 g/mol. The third-order valence-electron chi connectivity index (χ3n) is 4.56. The predicted octanol–water partition coefficient (Wildman–Crippen LogP) is 5.31. The van der Waals surface area contributed by atoms with Gasteiger partial charge in [-0.3, -0.25) is 4.79 Å². The number of esters is 2. The minimum Gasteiger partial charge on any atom is -0.469 e. The van der Waals surface area contributed by atoms with Crippen molar-refractivity contribution >= 4 is 11.9 Å². The van der Waals surface area contributed by atoms with Crippen molar-refractivity contribution in [2.45, 2.75) is 51.9 Å². The fourth-order valence-electron chi connectivity index (χ4n) is 3.07. The number of para-hydroxylation sites is 1. The second-order valence-corrected chi connectivity index (χ2v) is 6.59. The monoisotopic (exact) mass is 368 g/mol. The van der Waals surface area contributed by atoms with Crippen molar-refractivity contribution in [3.63, 3.8) is 0 Å². The van der Waals surface area contributed by atoms with Crippen LogP contribution in [0.15, 0.2) is 48.5 Å². The number of methoxy groups -OCH3 is 1. The molecule has 0 aliphatic rings. The molecule has 0 aliphatic heterocycles. The Hall–Kier alpha value is -2.62. The Bertz CT molecular complexity index is 749. The van der Waals surface area contributed by atoms with Gasteiger partial charge in [0.15, 0.2) is 0 Å². The summed E-state index contributed by atoms with van der Waals surface area (Å²) in [4.78, 5) is 24.8. The first-order chi connectivity index (χ1) is 13.1. The third kappa shape index (κ3) is 5.68. The van der Waals surface area contributed by atoms with Crippen LogP contribution >= 0.6 is 0 Å². The van der Waals surface area contributed by atoms with Crippen LogP contribution in [-0.2, 0) is 16.0 Å². The molecule has 2 rings (SSSR count). The van der Waals surface area contributed by atoms with Gasteiger partial charge in [0.1, 0.15) is 5.75 Å². The lowest BCUT2D eigenvalue weighted by Gasteiger charge is -2.18. The quantitative estimate of drug-likeness (QED) is 0.445. The average Bonchev–Trinajstić information content (AvgIpc) is 2.70. The molecule has 0 amide bonds. The summed E-state index contributed by atoms with van der Waals surface area (Å²) >= 11 is 0. The fraction of sp³-hybridized carbons (Fsp3) is 0.391. The minimum absolute atomic E-state index is 0.309. The van der Waals surface area contributed by atoms with Gasteiger partial charge >= 0.3 is 11.9 Å². The zero-order valence-electron chi connectivity index (χ0n) is 16.4. The molecule has 1 unspecified atom stereocenters. The highest BCUT2D eigenvalue weighted by molar-refractivity contribution is 5.91. The van der Waals surface area contributed by atoms with Crippen molar-refractivity contribution in [1.82, 2.24) is 0 Å². The first-order valence-corrected chi connectivity index (χ1v) is 9.58. The number of aryl methyl sites for hydroxylation is 1. The van der Waals surface area contributed by atoms with Gasteiger partial charge in [-0.25, -0.2) is 4.79 Å². The van der Waals surface area contributed by atoms with Crippen molar-refractivity contribution in [1.29, 1.82) is 0 Å². The van der Waals surface area contributed by atoms with E-state index >= 15 is 0 Å². The zero-order chi connectivity index (χ0) is 19.6. The lowest BCUT2D eigenvalue weighted by molar-refractivity contribution is -0.142. The molecule has 0 aliphatic carbocycles. The number of carbonyl (C=O) groups is 2. The molecule has 0 heterocycles. The first-order valence-electron chi connectivity index (χ1n) is 9.58. The van der Waals surface area contributed by atoms with Crippen LogP contribution in [0, 0.1) is 0 Å². The Balaban J connectivity index is 2.23. The van der Waals surface area contributed by atoms with Crippen LogP contribution in [0.1, 0.15) is 66.9 Å². The van der Waals surface area contributed by atoms with E-state index < -0.39 is 11.9 Å². The Morgan fingerprint density at radius 1 is 0.963 bits per heavy atom. The predicted molar refractivity (Wildman–Crippen MR) is 106 cm³/mol. The van der Waals surface area contributed by atoms with Gasteiger partial charge in [0.25, 0.3) is 0 Å². The second-order valence-electron chi connectivity index (χ2n) is 6.59. The number of hydrogen-bond acceptors (Lipinski definition) is 4. The van der Waals surface area contributed by atoms with E-state index in [0.717, 1.165) is 25.7 Å². The van der Waals surface area contributed by atoms with Crippen LogP contribution in [0.4, 0.5) is 0 Å². The Morgan fingerprint density at radius 3 is 2.30 bits per heavy atom. The highest BCUT2D eigenvalue weighted by Gasteiger charge is 2.25. The summed E-state index contributed by atoms with van der Waals surface area (Å²) in [5.41, 5.74) is 2.38. The van der Waals surface area contributed by atoms with E-state index in [1.54, 1.807) is 24.3 Å². The SMILES string of the molecule is CCCCC(C(=O)OC)c1ccccc1OC(=O)c1ccc(CCC)cc1. The first kappa shape index (κ1) is 20.7. The van der Waals surface area contributed by atoms with Crippen LogP contribution in [0.5, 0.6) is 5.75 Å². The van der Waals surface area contributed by atoms with Crippen molar-refractivity contribution < 1.29 is 19.1 Å². The van der Waals surface area contributed by atoms with Crippen LogP contribution in [0.2, 0.25) is 0 Å². The molecule has 0 saturated carbocycles. The molecule has 1 atom stereocenters. The summed E-state index contributed by atoms with van der Waals surface area (Å²) in [5.74, 6) is -0.766. The lowest BCUT2D eigenvalue weighted by Crippen LogP contribution is -2.17. The molecule has 2 aromatic rings. The van der Waals surface area contributed by atoms with E-state index in [4.69, 9.17) is 9.47 Å². The number of rotatable bonds is 9. The van der Waals surface area contributed by atoms with E-state index in [-0.39, 0.29) is 5.97 Å². The summed E-state index contributed by atoms with van der Waals surface area (Å²) in [6.07, 6.45) is 4.56. The fourth-order valence-corrected chi connectivity index (χ4v) is 3.07. The Morgan fingerprint density at radius 2 is 1.67 bits per heavy atom. The smallest absolute Gasteiger partial charge is 0.343 e.